The third-order valence-electron chi connectivity index (χ3n) is 2.59. The Morgan fingerprint density at radius 1 is 1.33 bits per heavy atom. The quantitative estimate of drug-likeness (QED) is 0.770. The second-order valence-corrected chi connectivity index (χ2v) is 4.82. The minimum atomic E-state index is -0.510. The Morgan fingerprint density at radius 2 is 1.94 bits per heavy atom. The molecule has 4 nitrogen and oxygen atoms in total. The summed E-state index contributed by atoms with van der Waals surface area (Å²) in [6, 6.07) is 5.21. The van der Waals surface area contributed by atoms with E-state index >= 15 is 0 Å². The van der Waals surface area contributed by atoms with E-state index in [2.05, 4.69) is 0 Å². The van der Waals surface area contributed by atoms with Gasteiger partial charge in [-0.3, -0.25) is 0 Å². The molecule has 18 heavy (non-hydrogen) atoms. The summed E-state index contributed by atoms with van der Waals surface area (Å²) in [6.45, 7) is 4.09. The molecule has 0 fully saturated rings. The lowest BCUT2D eigenvalue weighted by molar-refractivity contribution is 0.0700. The minimum Gasteiger partial charge on any atom is -0.497 e. The summed E-state index contributed by atoms with van der Waals surface area (Å²) in [5.74, 6) is 1.34. The molecule has 1 aromatic rings. The lowest BCUT2D eigenvalue weighted by Gasteiger charge is -2.16. The van der Waals surface area contributed by atoms with Crippen LogP contribution in [0.25, 0.3) is 0 Å². The fourth-order valence-electron chi connectivity index (χ4n) is 1.29. The average molecular weight is 269 g/mol. The Hall–Kier alpha value is -1.33. The molecule has 100 valence electrons. The number of aliphatic hydroxyl groups is 1. The largest absolute Gasteiger partial charge is 0.497 e. The number of methoxy groups -OCH3 is 1. The maximum absolute atomic E-state index is 9.69. The highest BCUT2D eigenvalue weighted by molar-refractivity contribution is 7.80. The molecule has 0 aliphatic carbocycles. The topological polar surface area (TPSA) is 64.7 Å². The first kappa shape index (κ1) is 14.7. The van der Waals surface area contributed by atoms with Gasteiger partial charge in [-0.15, -0.1) is 0 Å². The summed E-state index contributed by atoms with van der Waals surface area (Å²) < 4.78 is 10.7. The van der Waals surface area contributed by atoms with Crippen molar-refractivity contribution in [3.63, 3.8) is 0 Å². The van der Waals surface area contributed by atoms with Gasteiger partial charge in [0, 0.05) is 11.6 Å². The first-order chi connectivity index (χ1) is 8.43. The molecule has 0 aliphatic rings. The number of benzene rings is 1. The van der Waals surface area contributed by atoms with Crippen LogP contribution in [-0.2, 0) is 0 Å². The maximum Gasteiger partial charge on any atom is 0.123 e. The summed E-state index contributed by atoms with van der Waals surface area (Å²) in [5, 5.41) is 9.69. The van der Waals surface area contributed by atoms with Crippen LogP contribution in [0.2, 0.25) is 0 Å². The van der Waals surface area contributed by atoms with Crippen LogP contribution in [-0.4, -0.2) is 29.9 Å². The molecule has 0 radical (unpaired) electrons. The highest BCUT2D eigenvalue weighted by Gasteiger charge is 2.11. The Balaban J connectivity index is 2.81. The predicted octanol–water partition coefficient (Wildman–Crippen LogP) is 1.73. The number of hydrogen-bond acceptors (Lipinski definition) is 4. The molecular weight excluding hydrogens is 250 g/mol. The lowest BCUT2D eigenvalue weighted by Crippen LogP contribution is -2.23. The second-order valence-electron chi connectivity index (χ2n) is 4.38. The van der Waals surface area contributed by atoms with Gasteiger partial charge in [0.15, 0.2) is 0 Å². The molecule has 0 aliphatic heterocycles. The number of rotatable bonds is 6. The van der Waals surface area contributed by atoms with Crippen LogP contribution in [0.3, 0.4) is 0 Å². The van der Waals surface area contributed by atoms with Crippen molar-refractivity contribution < 1.29 is 14.6 Å². The van der Waals surface area contributed by atoms with Crippen molar-refractivity contribution in [1.29, 1.82) is 0 Å². The molecule has 0 aromatic heterocycles. The van der Waals surface area contributed by atoms with E-state index in [1.165, 1.54) is 0 Å². The zero-order valence-electron chi connectivity index (χ0n) is 10.8. The number of aliphatic hydroxyl groups excluding tert-OH is 1. The van der Waals surface area contributed by atoms with Gasteiger partial charge >= 0.3 is 0 Å². The van der Waals surface area contributed by atoms with E-state index in [1.54, 1.807) is 25.3 Å². The Bertz CT molecular complexity index is 421. The standard InChI is InChI=1S/C13H19NO3S/c1-8(2)12(15)7-17-11-5-9(13(14)18)4-10(6-11)16-3/h4-6,8,12,15H,7H2,1-3H3,(H2,14,18). The summed E-state index contributed by atoms with van der Waals surface area (Å²) in [4.78, 5) is 0.281. The van der Waals surface area contributed by atoms with Crippen molar-refractivity contribution in [2.24, 2.45) is 11.7 Å². The SMILES string of the molecule is COc1cc(OCC(O)C(C)C)cc(C(N)=S)c1. The van der Waals surface area contributed by atoms with Crippen LogP contribution in [0.15, 0.2) is 18.2 Å². The van der Waals surface area contributed by atoms with E-state index < -0.39 is 6.10 Å². The first-order valence-electron chi connectivity index (χ1n) is 5.73. The number of nitrogens with two attached hydrogens (primary N) is 1. The third kappa shape index (κ3) is 4.16. The highest BCUT2D eigenvalue weighted by Crippen LogP contribution is 2.23. The molecule has 1 aromatic carbocycles. The fraction of sp³-hybridized carbons (Fsp3) is 0.462. The van der Waals surface area contributed by atoms with Crippen molar-refractivity contribution in [3.05, 3.63) is 23.8 Å². The molecule has 1 rings (SSSR count). The Kier molecular flexibility index (Phi) is 5.37. The second kappa shape index (κ2) is 6.56. The monoisotopic (exact) mass is 269 g/mol. The minimum absolute atomic E-state index is 0.144. The smallest absolute Gasteiger partial charge is 0.123 e. The van der Waals surface area contributed by atoms with Crippen molar-refractivity contribution in [2.45, 2.75) is 20.0 Å². The van der Waals surface area contributed by atoms with Crippen LogP contribution in [0.4, 0.5) is 0 Å². The number of hydrogen-bond donors (Lipinski definition) is 2. The molecule has 0 saturated carbocycles. The van der Waals surface area contributed by atoms with Crippen molar-refractivity contribution in [1.82, 2.24) is 0 Å². The van der Waals surface area contributed by atoms with Crippen LogP contribution in [0.5, 0.6) is 11.5 Å². The van der Waals surface area contributed by atoms with Gasteiger partial charge in [0.1, 0.15) is 23.1 Å². The Morgan fingerprint density at radius 3 is 2.44 bits per heavy atom. The van der Waals surface area contributed by atoms with Crippen LogP contribution in [0.1, 0.15) is 19.4 Å². The molecule has 0 bridgehead atoms. The molecule has 0 amide bonds. The van der Waals surface area contributed by atoms with E-state index in [9.17, 15) is 5.11 Å². The van der Waals surface area contributed by atoms with Gasteiger partial charge in [-0.25, -0.2) is 0 Å². The van der Waals surface area contributed by atoms with E-state index in [1.807, 2.05) is 13.8 Å². The zero-order chi connectivity index (χ0) is 13.7. The van der Waals surface area contributed by atoms with Crippen LogP contribution >= 0.6 is 12.2 Å². The molecule has 0 heterocycles. The summed E-state index contributed by atoms with van der Waals surface area (Å²) >= 11 is 4.92. The molecule has 5 heteroatoms. The molecule has 1 atom stereocenters. The predicted molar refractivity (Wildman–Crippen MR) is 75.2 cm³/mol. The van der Waals surface area contributed by atoms with Crippen molar-refractivity contribution in [3.8, 4) is 11.5 Å². The van der Waals surface area contributed by atoms with E-state index in [0.29, 0.717) is 17.1 Å². The summed E-state index contributed by atoms with van der Waals surface area (Å²) in [5.41, 5.74) is 6.26. The van der Waals surface area contributed by atoms with Gasteiger partial charge < -0.3 is 20.3 Å². The third-order valence-corrected chi connectivity index (χ3v) is 2.83. The summed E-state index contributed by atoms with van der Waals surface area (Å²) in [6.07, 6.45) is -0.510. The number of thiocarbonyl (C=S) groups is 1. The van der Waals surface area contributed by atoms with E-state index in [-0.39, 0.29) is 17.5 Å². The summed E-state index contributed by atoms with van der Waals surface area (Å²) in [7, 11) is 1.56. The molecule has 3 N–H and O–H groups in total. The molecule has 1 unspecified atom stereocenters. The van der Waals surface area contributed by atoms with Gasteiger partial charge in [-0.1, -0.05) is 26.1 Å². The zero-order valence-corrected chi connectivity index (χ0v) is 11.7. The molecular formula is C13H19NO3S. The van der Waals surface area contributed by atoms with Crippen molar-refractivity contribution >= 4 is 17.2 Å². The van der Waals surface area contributed by atoms with Gasteiger partial charge in [0.2, 0.25) is 0 Å². The average Bonchev–Trinajstić information content (AvgIpc) is 2.35. The van der Waals surface area contributed by atoms with Gasteiger partial charge in [0.25, 0.3) is 0 Å². The van der Waals surface area contributed by atoms with E-state index in [4.69, 9.17) is 27.4 Å². The first-order valence-corrected chi connectivity index (χ1v) is 6.14. The fourth-order valence-corrected chi connectivity index (χ4v) is 1.41. The molecule has 0 saturated heterocycles. The van der Waals surface area contributed by atoms with Crippen LogP contribution < -0.4 is 15.2 Å². The highest BCUT2D eigenvalue weighted by atomic mass is 32.1. The molecule has 0 spiro atoms. The van der Waals surface area contributed by atoms with Gasteiger partial charge in [-0.05, 0) is 18.1 Å². The van der Waals surface area contributed by atoms with Gasteiger partial charge in [-0.2, -0.15) is 0 Å². The lowest BCUT2D eigenvalue weighted by atomic mass is 10.1. The van der Waals surface area contributed by atoms with Crippen LogP contribution in [0, 0.1) is 5.92 Å². The normalized spacial score (nSPS) is 12.3. The van der Waals surface area contributed by atoms with Gasteiger partial charge in [0.05, 0.1) is 13.2 Å². The van der Waals surface area contributed by atoms with E-state index in [0.717, 1.165) is 0 Å². The Labute approximate surface area is 113 Å². The maximum atomic E-state index is 9.69. The van der Waals surface area contributed by atoms with Crippen molar-refractivity contribution in [2.75, 3.05) is 13.7 Å². The number of ether oxygens (including phenoxy) is 2.